The summed E-state index contributed by atoms with van der Waals surface area (Å²) in [6, 6.07) is 12.9. The Morgan fingerprint density at radius 2 is 1.93 bits per heavy atom. The summed E-state index contributed by atoms with van der Waals surface area (Å²) >= 11 is 6.04. The minimum absolute atomic E-state index is 0.114. The Kier molecular flexibility index (Phi) is 5.72. The zero-order chi connectivity index (χ0) is 19.4. The van der Waals surface area contributed by atoms with Gasteiger partial charge in [-0.25, -0.2) is 0 Å². The minimum Gasteiger partial charge on any atom is -0.493 e. The molecular formula is C21H21ClN2O3. The topological polar surface area (TPSA) is 54.6 Å². The van der Waals surface area contributed by atoms with Crippen molar-refractivity contribution in [3.8, 4) is 11.5 Å². The molecule has 5 nitrogen and oxygen atoms in total. The molecule has 0 saturated carbocycles. The second-order valence-electron chi connectivity index (χ2n) is 6.08. The van der Waals surface area contributed by atoms with Crippen LogP contribution in [-0.4, -0.2) is 36.6 Å². The molecule has 0 radical (unpaired) electrons. The second kappa shape index (κ2) is 8.18. The highest BCUT2D eigenvalue weighted by molar-refractivity contribution is 6.31. The number of fused-ring (bicyclic) bond motifs is 1. The number of methoxy groups -OCH3 is 2. The van der Waals surface area contributed by atoms with Crippen LogP contribution < -0.4 is 9.47 Å². The SMILES string of the molecule is C=CCN(Cc1ccc(OC)c(OC)c1)C(=O)c1cc2cc(Cl)ccc2[nH]1. The summed E-state index contributed by atoms with van der Waals surface area (Å²) in [5.74, 6) is 1.16. The van der Waals surface area contributed by atoms with Gasteiger partial charge in [0.15, 0.2) is 11.5 Å². The van der Waals surface area contributed by atoms with Crippen LogP contribution in [0.1, 0.15) is 16.1 Å². The molecule has 27 heavy (non-hydrogen) atoms. The first-order chi connectivity index (χ1) is 13.0. The van der Waals surface area contributed by atoms with Crippen molar-refractivity contribution in [1.29, 1.82) is 0 Å². The molecule has 1 amide bonds. The van der Waals surface area contributed by atoms with Gasteiger partial charge in [-0.2, -0.15) is 0 Å². The number of hydrogen-bond donors (Lipinski definition) is 1. The number of rotatable bonds is 7. The first-order valence-corrected chi connectivity index (χ1v) is 8.83. The van der Waals surface area contributed by atoms with Gasteiger partial charge in [0.25, 0.3) is 5.91 Å². The molecule has 0 saturated heterocycles. The maximum atomic E-state index is 13.0. The number of hydrogen-bond acceptors (Lipinski definition) is 3. The van der Waals surface area contributed by atoms with E-state index in [0.717, 1.165) is 16.5 Å². The average molecular weight is 385 g/mol. The van der Waals surface area contributed by atoms with Gasteiger partial charge in [-0.1, -0.05) is 23.7 Å². The van der Waals surface area contributed by atoms with E-state index in [-0.39, 0.29) is 5.91 Å². The van der Waals surface area contributed by atoms with Crippen LogP contribution in [0.5, 0.6) is 11.5 Å². The lowest BCUT2D eigenvalue weighted by atomic mass is 10.1. The van der Waals surface area contributed by atoms with Gasteiger partial charge in [-0.05, 0) is 42.0 Å². The molecule has 0 aliphatic rings. The molecule has 0 unspecified atom stereocenters. The predicted octanol–water partition coefficient (Wildman–Crippen LogP) is 4.67. The lowest BCUT2D eigenvalue weighted by molar-refractivity contribution is 0.0757. The van der Waals surface area contributed by atoms with Crippen molar-refractivity contribution in [2.24, 2.45) is 0 Å². The van der Waals surface area contributed by atoms with E-state index in [1.165, 1.54) is 0 Å². The average Bonchev–Trinajstić information content (AvgIpc) is 3.10. The fraction of sp³-hybridized carbons (Fsp3) is 0.190. The number of benzene rings is 2. The molecule has 0 spiro atoms. The molecule has 140 valence electrons. The molecule has 6 heteroatoms. The minimum atomic E-state index is -0.114. The summed E-state index contributed by atoms with van der Waals surface area (Å²) in [5.41, 5.74) is 2.31. The Bertz CT molecular complexity index is 981. The number of H-pyrrole nitrogens is 1. The maximum Gasteiger partial charge on any atom is 0.270 e. The van der Waals surface area contributed by atoms with Crippen molar-refractivity contribution in [2.45, 2.75) is 6.54 Å². The Morgan fingerprint density at radius 1 is 1.15 bits per heavy atom. The first kappa shape index (κ1) is 18.9. The van der Waals surface area contributed by atoms with Crippen LogP contribution in [0, 0.1) is 0 Å². The molecule has 3 rings (SSSR count). The van der Waals surface area contributed by atoms with Crippen molar-refractivity contribution in [3.63, 3.8) is 0 Å². The lowest BCUT2D eigenvalue weighted by Crippen LogP contribution is -2.31. The largest absolute Gasteiger partial charge is 0.493 e. The summed E-state index contributed by atoms with van der Waals surface area (Å²) < 4.78 is 10.6. The number of carbonyl (C=O) groups is 1. The quantitative estimate of drug-likeness (QED) is 0.602. The zero-order valence-corrected chi connectivity index (χ0v) is 16.0. The van der Waals surface area contributed by atoms with Gasteiger partial charge in [0.1, 0.15) is 5.69 Å². The van der Waals surface area contributed by atoms with Crippen LogP contribution in [0.3, 0.4) is 0 Å². The van der Waals surface area contributed by atoms with E-state index in [1.807, 2.05) is 36.4 Å². The summed E-state index contributed by atoms with van der Waals surface area (Å²) in [6.45, 7) is 4.61. The van der Waals surface area contributed by atoms with E-state index >= 15 is 0 Å². The molecule has 0 atom stereocenters. The fourth-order valence-electron chi connectivity index (χ4n) is 2.96. The Morgan fingerprint density at radius 3 is 2.63 bits per heavy atom. The molecule has 3 aromatic rings. The van der Waals surface area contributed by atoms with Crippen molar-refractivity contribution in [3.05, 3.63) is 71.4 Å². The number of halogens is 1. The zero-order valence-electron chi connectivity index (χ0n) is 15.3. The molecule has 0 fully saturated rings. The van der Waals surface area contributed by atoms with Crippen molar-refractivity contribution in [2.75, 3.05) is 20.8 Å². The van der Waals surface area contributed by atoms with Gasteiger partial charge in [0, 0.05) is 29.0 Å². The van der Waals surface area contributed by atoms with E-state index in [2.05, 4.69) is 11.6 Å². The molecule has 0 bridgehead atoms. The summed E-state index contributed by atoms with van der Waals surface area (Å²) in [6.07, 6.45) is 1.71. The Hall–Kier alpha value is -2.92. The number of aromatic amines is 1. The predicted molar refractivity (Wildman–Crippen MR) is 108 cm³/mol. The van der Waals surface area contributed by atoms with Gasteiger partial charge < -0.3 is 19.4 Å². The van der Waals surface area contributed by atoms with Crippen LogP contribution in [0.2, 0.25) is 5.02 Å². The summed E-state index contributed by atoms with van der Waals surface area (Å²) in [7, 11) is 3.18. The highest BCUT2D eigenvalue weighted by atomic mass is 35.5. The van der Waals surface area contributed by atoms with Gasteiger partial charge in [0.05, 0.1) is 14.2 Å². The number of carbonyl (C=O) groups excluding carboxylic acids is 1. The van der Waals surface area contributed by atoms with Crippen LogP contribution in [0.25, 0.3) is 10.9 Å². The second-order valence-corrected chi connectivity index (χ2v) is 6.51. The van der Waals surface area contributed by atoms with Gasteiger partial charge in [-0.3, -0.25) is 4.79 Å². The number of aromatic nitrogens is 1. The molecular weight excluding hydrogens is 364 g/mol. The van der Waals surface area contributed by atoms with Crippen LogP contribution >= 0.6 is 11.6 Å². The van der Waals surface area contributed by atoms with Crippen LogP contribution in [0.15, 0.2) is 55.1 Å². The van der Waals surface area contributed by atoms with E-state index < -0.39 is 0 Å². The highest BCUT2D eigenvalue weighted by Gasteiger charge is 2.18. The maximum absolute atomic E-state index is 13.0. The van der Waals surface area contributed by atoms with E-state index in [0.29, 0.717) is 35.3 Å². The Balaban J connectivity index is 1.87. The third-order valence-corrected chi connectivity index (χ3v) is 4.51. The van der Waals surface area contributed by atoms with E-state index in [4.69, 9.17) is 21.1 Å². The van der Waals surface area contributed by atoms with Gasteiger partial charge >= 0.3 is 0 Å². The van der Waals surface area contributed by atoms with Crippen LogP contribution in [-0.2, 0) is 6.54 Å². The summed E-state index contributed by atoms with van der Waals surface area (Å²) in [5, 5.41) is 1.53. The lowest BCUT2D eigenvalue weighted by Gasteiger charge is -2.21. The fourth-order valence-corrected chi connectivity index (χ4v) is 3.14. The van der Waals surface area contributed by atoms with Gasteiger partial charge in [0.2, 0.25) is 0 Å². The third kappa shape index (κ3) is 4.09. The Labute approximate surface area is 163 Å². The van der Waals surface area contributed by atoms with Gasteiger partial charge in [-0.15, -0.1) is 6.58 Å². The van der Waals surface area contributed by atoms with Crippen molar-refractivity contribution < 1.29 is 14.3 Å². The molecule has 2 aromatic carbocycles. The van der Waals surface area contributed by atoms with Crippen LogP contribution in [0.4, 0.5) is 0 Å². The first-order valence-electron chi connectivity index (χ1n) is 8.45. The smallest absolute Gasteiger partial charge is 0.270 e. The van der Waals surface area contributed by atoms with Crippen molar-refractivity contribution in [1.82, 2.24) is 9.88 Å². The number of nitrogens with one attached hydrogen (secondary N) is 1. The monoisotopic (exact) mass is 384 g/mol. The number of nitrogens with zero attached hydrogens (tertiary/aromatic N) is 1. The molecule has 1 N–H and O–H groups in total. The van der Waals surface area contributed by atoms with E-state index in [1.54, 1.807) is 31.3 Å². The molecule has 0 aliphatic heterocycles. The highest BCUT2D eigenvalue weighted by Crippen LogP contribution is 2.28. The molecule has 1 aromatic heterocycles. The third-order valence-electron chi connectivity index (χ3n) is 4.27. The van der Waals surface area contributed by atoms with Crippen molar-refractivity contribution >= 4 is 28.4 Å². The number of ether oxygens (including phenoxy) is 2. The molecule has 0 aliphatic carbocycles. The normalized spacial score (nSPS) is 10.6. The summed E-state index contributed by atoms with van der Waals surface area (Å²) in [4.78, 5) is 17.9. The molecule has 1 heterocycles. The number of amides is 1. The van der Waals surface area contributed by atoms with E-state index in [9.17, 15) is 4.79 Å². The standard InChI is InChI=1S/C21H21ClN2O3/c1-4-9-24(13-14-5-8-19(26-2)20(10-14)27-3)21(25)18-12-15-11-16(22)6-7-17(15)23-18/h4-8,10-12,23H,1,9,13H2,2-3H3.